The summed E-state index contributed by atoms with van der Waals surface area (Å²) in [6, 6.07) is 0. The van der Waals surface area contributed by atoms with Crippen molar-refractivity contribution >= 4 is 17.6 Å². The lowest BCUT2D eigenvalue weighted by Crippen LogP contribution is -2.10. The summed E-state index contributed by atoms with van der Waals surface area (Å²) < 4.78 is 1.63. The monoisotopic (exact) mass is 230 g/mol. The van der Waals surface area contributed by atoms with E-state index in [0.29, 0.717) is 6.42 Å². The fourth-order valence-electron chi connectivity index (χ4n) is 0.965. The first-order valence-corrected chi connectivity index (χ1v) is 5.54. The van der Waals surface area contributed by atoms with E-state index < -0.39 is 0 Å². The number of aromatic nitrogens is 4. The molecule has 1 aromatic heterocycles. The van der Waals surface area contributed by atoms with Crippen molar-refractivity contribution in [1.82, 2.24) is 20.2 Å². The minimum atomic E-state index is 0.278. The van der Waals surface area contributed by atoms with Crippen molar-refractivity contribution in [3.05, 3.63) is 0 Å². The molecule has 0 aliphatic rings. The van der Waals surface area contributed by atoms with Gasteiger partial charge in [-0.3, -0.25) is 0 Å². The zero-order chi connectivity index (χ0) is 11.1. The van der Waals surface area contributed by atoms with Crippen molar-refractivity contribution in [3.8, 4) is 0 Å². The topological polar surface area (TPSA) is 102 Å². The number of hydrogen-bond acceptors (Lipinski definition) is 6. The Labute approximate surface area is 91.7 Å². The summed E-state index contributed by atoms with van der Waals surface area (Å²) in [5.74, 6) is 1.20. The first kappa shape index (κ1) is 11.8. The standard InChI is InChI=1S/C7H14N6OS/c1-13-7(9-11-12-13)15-5-3-2-4-6(8)10-14/h14H,2-5H2,1H3,(H2,8,10). The Morgan fingerprint density at radius 1 is 1.60 bits per heavy atom. The maximum atomic E-state index is 8.31. The summed E-state index contributed by atoms with van der Waals surface area (Å²) in [7, 11) is 1.80. The third-order valence-electron chi connectivity index (χ3n) is 1.77. The number of nitrogens with zero attached hydrogens (tertiary/aromatic N) is 5. The molecule has 0 radical (unpaired) electrons. The highest BCUT2D eigenvalue weighted by Gasteiger charge is 2.02. The van der Waals surface area contributed by atoms with Gasteiger partial charge in [0.05, 0.1) is 0 Å². The number of amidine groups is 1. The number of hydrogen-bond donors (Lipinski definition) is 2. The minimum absolute atomic E-state index is 0.278. The molecule has 7 nitrogen and oxygen atoms in total. The van der Waals surface area contributed by atoms with E-state index in [1.807, 2.05) is 0 Å². The van der Waals surface area contributed by atoms with Gasteiger partial charge in [0.25, 0.3) is 0 Å². The highest BCUT2D eigenvalue weighted by molar-refractivity contribution is 7.99. The highest BCUT2D eigenvalue weighted by atomic mass is 32.2. The van der Waals surface area contributed by atoms with Gasteiger partial charge in [-0.05, 0) is 23.3 Å². The zero-order valence-corrected chi connectivity index (χ0v) is 9.31. The van der Waals surface area contributed by atoms with Crippen LogP contribution in [-0.4, -0.2) is 37.0 Å². The molecule has 1 rings (SSSR count). The molecule has 84 valence electrons. The van der Waals surface area contributed by atoms with Gasteiger partial charge in [0, 0.05) is 19.2 Å². The molecule has 15 heavy (non-hydrogen) atoms. The van der Waals surface area contributed by atoms with Gasteiger partial charge in [-0.25, -0.2) is 4.68 Å². The van der Waals surface area contributed by atoms with Gasteiger partial charge in [-0.2, -0.15) is 0 Å². The van der Waals surface area contributed by atoms with Crippen molar-refractivity contribution in [1.29, 1.82) is 0 Å². The number of oxime groups is 1. The van der Waals surface area contributed by atoms with E-state index in [4.69, 9.17) is 10.9 Å². The van der Waals surface area contributed by atoms with Crippen LogP contribution < -0.4 is 5.73 Å². The number of nitrogens with two attached hydrogens (primary N) is 1. The molecule has 0 unspecified atom stereocenters. The van der Waals surface area contributed by atoms with Gasteiger partial charge < -0.3 is 10.9 Å². The fraction of sp³-hybridized carbons (Fsp3) is 0.714. The van der Waals surface area contributed by atoms with Crippen molar-refractivity contribution < 1.29 is 5.21 Å². The summed E-state index contributed by atoms with van der Waals surface area (Å²) in [6.07, 6.45) is 2.50. The Balaban J connectivity index is 2.10. The third-order valence-corrected chi connectivity index (χ3v) is 2.86. The van der Waals surface area contributed by atoms with Gasteiger partial charge in [0.1, 0.15) is 5.84 Å². The third kappa shape index (κ3) is 4.15. The first-order valence-electron chi connectivity index (χ1n) is 4.55. The normalized spacial score (nSPS) is 11.9. The average molecular weight is 230 g/mol. The number of unbranched alkanes of at least 4 members (excludes halogenated alkanes) is 1. The molecule has 1 heterocycles. The molecule has 0 saturated heterocycles. The quantitative estimate of drug-likeness (QED) is 0.181. The van der Waals surface area contributed by atoms with Crippen LogP contribution in [0, 0.1) is 0 Å². The van der Waals surface area contributed by atoms with Crippen LogP contribution in [0.1, 0.15) is 19.3 Å². The van der Waals surface area contributed by atoms with Gasteiger partial charge in [-0.15, -0.1) is 5.10 Å². The molecule has 0 fully saturated rings. The average Bonchev–Trinajstić information content (AvgIpc) is 2.63. The molecule has 0 aliphatic heterocycles. The van der Waals surface area contributed by atoms with Crippen LogP contribution in [0.2, 0.25) is 0 Å². The number of thioether (sulfide) groups is 1. The van der Waals surface area contributed by atoms with Crippen molar-refractivity contribution in [3.63, 3.8) is 0 Å². The Bertz CT molecular complexity index is 325. The molecule has 0 amide bonds. The first-order chi connectivity index (χ1) is 7.24. The molecule has 0 spiro atoms. The SMILES string of the molecule is Cn1nnnc1SCCCCC(N)=NO. The summed E-state index contributed by atoms with van der Waals surface area (Å²) in [5.41, 5.74) is 5.33. The molecule has 1 aromatic rings. The van der Waals surface area contributed by atoms with Crippen LogP contribution in [0.3, 0.4) is 0 Å². The van der Waals surface area contributed by atoms with Crippen LogP contribution >= 0.6 is 11.8 Å². The maximum Gasteiger partial charge on any atom is 0.209 e. The molecule has 0 atom stereocenters. The van der Waals surface area contributed by atoms with E-state index in [1.54, 1.807) is 23.5 Å². The number of aryl methyl sites for hydroxylation is 1. The fourth-order valence-corrected chi connectivity index (χ4v) is 1.81. The predicted molar refractivity (Wildman–Crippen MR) is 56.8 cm³/mol. The van der Waals surface area contributed by atoms with Crippen LogP contribution in [0.4, 0.5) is 0 Å². The van der Waals surface area contributed by atoms with Crippen LogP contribution in [0.15, 0.2) is 10.3 Å². The molecule has 0 aromatic carbocycles. The van der Waals surface area contributed by atoms with Gasteiger partial charge in [-0.1, -0.05) is 16.9 Å². The van der Waals surface area contributed by atoms with E-state index in [1.165, 1.54) is 0 Å². The molecular formula is C7H14N6OS. The van der Waals surface area contributed by atoms with Crippen LogP contribution in [-0.2, 0) is 7.05 Å². The zero-order valence-electron chi connectivity index (χ0n) is 8.50. The second-order valence-corrected chi connectivity index (χ2v) is 4.04. The molecule has 3 N–H and O–H groups in total. The van der Waals surface area contributed by atoms with Crippen molar-refractivity contribution in [2.75, 3.05) is 5.75 Å². The Kier molecular flexibility index (Phi) is 4.88. The van der Waals surface area contributed by atoms with E-state index in [2.05, 4.69) is 20.7 Å². The lowest BCUT2D eigenvalue weighted by Gasteiger charge is -1.99. The van der Waals surface area contributed by atoms with Gasteiger partial charge in [0.2, 0.25) is 5.16 Å². The van der Waals surface area contributed by atoms with Crippen molar-refractivity contribution in [2.45, 2.75) is 24.4 Å². The molecular weight excluding hydrogens is 216 g/mol. The van der Waals surface area contributed by atoms with Crippen LogP contribution in [0.5, 0.6) is 0 Å². The smallest absolute Gasteiger partial charge is 0.209 e. The molecule has 0 aliphatic carbocycles. The van der Waals surface area contributed by atoms with Gasteiger partial charge in [0.15, 0.2) is 0 Å². The van der Waals surface area contributed by atoms with E-state index in [-0.39, 0.29) is 5.84 Å². The second kappa shape index (κ2) is 6.23. The number of tetrazole rings is 1. The predicted octanol–water partition coefficient (Wildman–Crippen LogP) is 0.219. The Hall–Kier alpha value is -1.31. The summed E-state index contributed by atoms with van der Waals surface area (Å²) >= 11 is 1.60. The highest BCUT2D eigenvalue weighted by Crippen LogP contribution is 2.14. The second-order valence-electron chi connectivity index (χ2n) is 2.98. The Morgan fingerprint density at radius 3 is 3.00 bits per heavy atom. The molecule has 0 saturated carbocycles. The molecule has 0 bridgehead atoms. The van der Waals surface area contributed by atoms with Gasteiger partial charge >= 0.3 is 0 Å². The van der Waals surface area contributed by atoms with E-state index in [9.17, 15) is 0 Å². The van der Waals surface area contributed by atoms with E-state index in [0.717, 1.165) is 23.8 Å². The summed E-state index contributed by atoms with van der Waals surface area (Å²) in [4.78, 5) is 0. The summed E-state index contributed by atoms with van der Waals surface area (Å²) in [6.45, 7) is 0. The minimum Gasteiger partial charge on any atom is -0.409 e. The number of rotatable bonds is 6. The van der Waals surface area contributed by atoms with E-state index >= 15 is 0 Å². The largest absolute Gasteiger partial charge is 0.409 e. The lowest BCUT2D eigenvalue weighted by atomic mass is 10.2. The van der Waals surface area contributed by atoms with Crippen molar-refractivity contribution in [2.24, 2.45) is 17.9 Å². The molecule has 8 heteroatoms. The lowest BCUT2D eigenvalue weighted by molar-refractivity contribution is 0.316. The maximum absolute atomic E-state index is 8.31. The summed E-state index contributed by atoms with van der Waals surface area (Å²) in [5, 5.41) is 23.1. The van der Waals surface area contributed by atoms with Crippen LogP contribution in [0.25, 0.3) is 0 Å². The Morgan fingerprint density at radius 2 is 2.40 bits per heavy atom.